The molecule has 0 aliphatic heterocycles. The molecule has 120 valence electrons. The molecule has 0 amide bonds. The SMILES string of the molecule is CNc1c(Cl)cnc2sc3c(=O)n(-c4ccc(Cl)cc4)cnc3c12. The number of halogens is 2. The number of fused-ring (bicyclic) bond motifs is 3. The number of anilines is 1. The predicted molar refractivity (Wildman–Crippen MR) is 100 cm³/mol. The zero-order valence-corrected chi connectivity index (χ0v) is 14.7. The fourth-order valence-electron chi connectivity index (χ4n) is 2.60. The molecule has 0 spiro atoms. The quantitative estimate of drug-likeness (QED) is 0.565. The van der Waals surface area contributed by atoms with Crippen molar-refractivity contribution in [1.82, 2.24) is 14.5 Å². The van der Waals surface area contributed by atoms with Crippen molar-refractivity contribution in [2.24, 2.45) is 0 Å². The average molecular weight is 377 g/mol. The Morgan fingerprint density at radius 2 is 1.92 bits per heavy atom. The number of thiophene rings is 1. The second-order valence-corrected chi connectivity index (χ2v) is 6.93. The molecule has 1 aromatic carbocycles. The number of rotatable bonds is 2. The van der Waals surface area contributed by atoms with Gasteiger partial charge in [0, 0.05) is 18.3 Å². The Labute approximate surface area is 150 Å². The van der Waals surface area contributed by atoms with Crippen LogP contribution < -0.4 is 10.9 Å². The first kappa shape index (κ1) is 15.4. The lowest BCUT2D eigenvalue weighted by atomic mass is 10.2. The minimum absolute atomic E-state index is 0.150. The van der Waals surface area contributed by atoms with Crippen LogP contribution in [0.5, 0.6) is 0 Å². The molecule has 0 atom stereocenters. The van der Waals surface area contributed by atoms with E-state index in [1.807, 2.05) is 0 Å². The number of pyridine rings is 1. The molecule has 8 heteroatoms. The van der Waals surface area contributed by atoms with Gasteiger partial charge in [0.1, 0.15) is 21.4 Å². The first-order chi connectivity index (χ1) is 11.6. The maximum absolute atomic E-state index is 12.9. The summed E-state index contributed by atoms with van der Waals surface area (Å²) in [5.41, 5.74) is 1.88. The summed E-state index contributed by atoms with van der Waals surface area (Å²) in [6.07, 6.45) is 3.09. The van der Waals surface area contributed by atoms with Crippen LogP contribution in [-0.2, 0) is 0 Å². The number of hydrogen-bond acceptors (Lipinski definition) is 5. The summed E-state index contributed by atoms with van der Waals surface area (Å²) >= 11 is 13.4. The molecule has 0 aliphatic rings. The van der Waals surface area contributed by atoms with Gasteiger partial charge in [-0.05, 0) is 24.3 Å². The molecule has 0 bridgehead atoms. The summed E-state index contributed by atoms with van der Waals surface area (Å²) in [4.78, 5) is 22.4. The molecule has 0 radical (unpaired) electrons. The van der Waals surface area contributed by atoms with Crippen molar-refractivity contribution >= 4 is 60.7 Å². The van der Waals surface area contributed by atoms with Gasteiger partial charge in [-0.2, -0.15) is 0 Å². The monoisotopic (exact) mass is 376 g/mol. The van der Waals surface area contributed by atoms with E-state index in [0.29, 0.717) is 25.9 Å². The summed E-state index contributed by atoms with van der Waals surface area (Å²) in [5, 5.41) is 4.93. The van der Waals surface area contributed by atoms with Crippen LogP contribution in [-0.4, -0.2) is 21.6 Å². The van der Waals surface area contributed by atoms with Crippen LogP contribution >= 0.6 is 34.5 Å². The Morgan fingerprint density at radius 3 is 2.62 bits per heavy atom. The van der Waals surface area contributed by atoms with Crippen molar-refractivity contribution in [3.8, 4) is 5.69 Å². The molecule has 1 N–H and O–H groups in total. The van der Waals surface area contributed by atoms with Gasteiger partial charge in [-0.1, -0.05) is 23.2 Å². The van der Waals surface area contributed by atoms with Crippen LogP contribution in [0.3, 0.4) is 0 Å². The predicted octanol–water partition coefficient (Wildman–Crippen LogP) is 4.34. The third-order valence-corrected chi connectivity index (χ3v) is 5.33. The maximum atomic E-state index is 12.9. The van der Waals surface area contributed by atoms with Gasteiger partial charge in [0.2, 0.25) is 0 Å². The smallest absolute Gasteiger partial charge is 0.275 e. The van der Waals surface area contributed by atoms with Crippen molar-refractivity contribution in [3.05, 3.63) is 57.2 Å². The maximum Gasteiger partial charge on any atom is 0.275 e. The van der Waals surface area contributed by atoms with E-state index in [1.54, 1.807) is 37.5 Å². The summed E-state index contributed by atoms with van der Waals surface area (Å²) < 4.78 is 2.03. The van der Waals surface area contributed by atoms with E-state index < -0.39 is 0 Å². The molecule has 0 saturated heterocycles. The topological polar surface area (TPSA) is 59.8 Å². The Morgan fingerprint density at radius 1 is 1.17 bits per heavy atom. The van der Waals surface area contributed by atoms with Gasteiger partial charge < -0.3 is 5.32 Å². The van der Waals surface area contributed by atoms with E-state index in [9.17, 15) is 4.79 Å². The molecule has 0 aliphatic carbocycles. The van der Waals surface area contributed by atoms with Crippen LogP contribution in [0.25, 0.3) is 26.1 Å². The Kier molecular flexibility index (Phi) is 3.68. The van der Waals surface area contributed by atoms with E-state index in [-0.39, 0.29) is 5.56 Å². The number of nitrogens with one attached hydrogen (secondary N) is 1. The lowest BCUT2D eigenvalue weighted by Gasteiger charge is -2.06. The summed E-state index contributed by atoms with van der Waals surface area (Å²) in [7, 11) is 1.78. The van der Waals surface area contributed by atoms with E-state index in [4.69, 9.17) is 23.2 Å². The average Bonchev–Trinajstić information content (AvgIpc) is 2.96. The third kappa shape index (κ3) is 2.26. The molecule has 4 rings (SSSR count). The number of benzene rings is 1. The molecular formula is C16H10Cl2N4OS. The highest BCUT2D eigenvalue weighted by Crippen LogP contribution is 2.37. The highest BCUT2D eigenvalue weighted by Gasteiger charge is 2.17. The molecule has 0 saturated carbocycles. The summed E-state index contributed by atoms with van der Waals surface area (Å²) in [6.45, 7) is 0. The first-order valence-corrected chi connectivity index (χ1v) is 8.59. The van der Waals surface area contributed by atoms with Gasteiger partial charge in [-0.15, -0.1) is 11.3 Å². The van der Waals surface area contributed by atoms with Gasteiger partial charge in [0.05, 0.1) is 21.8 Å². The van der Waals surface area contributed by atoms with E-state index in [0.717, 1.165) is 15.9 Å². The van der Waals surface area contributed by atoms with Crippen molar-refractivity contribution in [2.45, 2.75) is 0 Å². The lowest BCUT2D eigenvalue weighted by molar-refractivity contribution is 0.968. The third-order valence-electron chi connectivity index (χ3n) is 3.72. The van der Waals surface area contributed by atoms with E-state index in [2.05, 4.69) is 15.3 Å². The molecular weight excluding hydrogens is 367 g/mol. The normalized spacial score (nSPS) is 11.3. The van der Waals surface area contributed by atoms with Gasteiger partial charge in [-0.3, -0.25) is 9.36 Å². The van der Waals surface area contributed by atoms with E-state index in [1.165, 1.54) is 22.2 Å². The minimum Gasteiger partial charge on any atom is -0.386 e. The fourth-order valence-corrected chi connectivity index (χ4v) is 4.00. The molecule has 3 heterocycles. The van der Waals surface area contributed by atoms with Crippen molar-refractivity contribution in [1.29, 1.82) is 0 Å². The lowest BCUT2D eigenvalue weighted by Crippen LogP contribution is -2.17. The highest BCUT2D eigenvalue weighted by atomic mass is 35.5. The molecule has 3 aromatic heterocycles. The van der Waals surface area contributed by atoms with Crippen molar-refractivity contribution in [3.63, 3.8) is 0 Å². The zero-order valence-electron chi connectivity index (χ0n) is 12.4. The van der Waals surface area contributed by atoms with Crippen molar-refractivity contribution < 1.29 is 0 Å². The Hall–Kier alpha value is -2.15. The minimum atomic E-state index is -0.150. The molecule has 4 aromatic rings. The first-order valence-electron chi connectivity index (χ1n) is 7.02. The van der Waals surface area contributed by atoms with Gasteiger partial charge >= 0.3 is 0 Å². The molecule has 0 unspecified atom stereocenters. The summed E-state index contributed by atoms with van der Waals surface area (Å²) in [5.74, 6) is 0. The fraction of sp³-hybridized carbons (Fsp3) is 0.0625. The standard InChI is InChI=1S/C16H10Cl2N4OS/c1-19-12-10(18)6-20-15-11(12)13-14(24-15)16(23)22(7-21-13)9-4-2-8(17)3-5-9/h2-7H,1H3,(H,19,20). The van der Waals surface area contributed by atoms with Crippen LogP contribution in [0, 0.1) is 0 Å². The van der Waals surface area contributed by atoms with Gasteiger partial charge in [0.25, 0.3) is 5.56 Å². The van der Waals surface area contributed by atoms with Crippen LogP contribution in [0.1, 0.15) is 0 Å². The Balaban J connectivity index is 2.06. The second kappa shape index (κ2) is 5.73. The molecule has 24 heavy (non-hydrogen) atoms. The summed E-state index contributed by atoms with van der Waals surface area (Å²) in [6, 6.07) is 7.02. The van der Waals surface area contributed by atoms with Gasteiger partial charge in [0.15, 0.2) is 0 Å². The number of aromatic nitrogens is 3. The van der Waals surface area contributed by atoms with Crippen molar-refractivity contribution in [2.75, 3.05) is 12.4 Å². The van der Waals surface area contributed by atoms with Crippen LogP contribution in [0.4, 0.5) is 5.69 Å². The Bertz CT molecular complexity index is 1130. The highest BCUT2D eigenvalue weighted by molar-refractivity contribution is 7.25. The zero-order chi connectivity index (χ0) is 16.8. The van der Waals surface area contributed by atoms with Crippen LogP contribution in [0.15, 0.2) is 41.6 Å². The van der Waals surface area contributed by atoms with E-state index >= 15 is 0 Å². The van der Waals surface area contributed by atoms with Crippen LogP contribution in [0.2, 0.25) is 10.0 Å². The number of nitrogens with zero attached hydrogens (tertiary/aromatic N) is 3. The number of hydrogen-bond donors (Lipinski definition) is 1. The molecule has 5 nitrogen and oxygen atoms in total. The van der Waals surface area contributed by atoms with Gasteiger partial charge in [-0.25, -0.2) is 9.97 Å². The second-order valence-electron chi connectivity index (χ2n) is 5.09. The largest absolute Gasteiger partial charge is 0.386 e. The molecule has 0 fully saturated rings.